The lowest BCUT2D eigenvalue weighted by Crippen LogP contribution is -2.16. The quantitative estimate of drug-likeness (QED) is 0.599. The van der Waals surface area contributed by atoms with Crippen molar-refractivity contribution >= 4 is 23.0 Å². The van der Waals surface area contributed by atoms with Crippen molar-refractivity contribution in [3.63, 3.8) is 0 Å². The highest BCUT2D eigenvalue weighted by Gasteiger charge is 2.05. The van der Waals surface area contributed by atoms with Crippen LogP contribution in [0.15, 0.2) is 24.3 Å². The molecule has 0 bridgehead atoms. The van der Waals surface area contributed by atoms with Crippen molar-refractivity contribution in [2.45, 2.75) is 13.3 Å². The Morgan fingerprint density at radius 1 is 1.30 bits per heavy atom. The molecule has 0 saturated heterocycles. The van der Waals surface area contributed by atoms with E-state index in [-0.39, 0.29) is 0 Å². The van der Waals surface area contributed by atoms with Crippen molar-refractivity contribution in [3.8, 4) is 5.75 Å². The normalized spacial score (nSPS) is 10.3. The van der Waals surface area contributed by atoms with Crippen LogP contribution in [0.3, 0.4) is 0 Å². The Balaban J connectivity index is 2.19. The molecule has 0 aliphatic heterocycles. The second-order valence-corrected chi connectivity index (χ2v) is 4.55. The van der Waals surface area contributed by atoms with Crippen LogP contribution in [0.5, 0.6) is 5.75 Å². The van der Waals surface area contributed by atoms with Crippen molar-refractivity contribution in [1.82, 2.24) is 10.3 Å². The number of hydrogen-bond donors (Lipinski definition) is 2. The maximum Gasteiger partial charge on any atom is 0.207 e. The highest BCUT2D eigenvalue weighted by atomic mass is 16.5. The smallest absolute Gasteiger partial charge is 0.207 e. The highest BCUT2D eigenvalue weighted by Crippen LogP contribution is 2.27. The lowest BCUT2D eigenvalue weighted by atomic mass is 10.1. The van der Waals surface area contributed by atoms with E-state index in [1.807, 2.05) is 31.2 Å². The molecule has 1 aromatic heterocycles. The number of rotatable bonds is 7. The number of carbonyl (C=O) groups excluding carboxylic acids is 1. The summed E-state index contributed by atoms with van der Waals surface area (Å²) < 4.78 is 5.26. The average molecular weight is 273 g/mol. The minimum atomic E-state index is 0.668. The van der Waals surface area contributed by atoms with Crippen molar-refractivity contribution in [2.75, 3.05) is 25.5 Å². The van der Waals surface area contributed by atoms with Gasteiger partial charge < -0.3 is 15.4 Å². The van der Waals surface area contributed by atoms with Crippen LogP contribution < -0.4 is 15.4 Å². The predicted octanol–water partition coefficient (Wildman–Crippen LogP) is 2.10. The van der Waals surface area contributed by atoms with Crippen LogP contribution in [0.2, 0.25) is 0 Å². The van der Waals surface area contributed by atoms with Gasteiger partial charge in [0.15, 0.2) is 0 Å². The number of anilines is 1. The summed E-state index contributed by atoms with van der Waals surface area (Å²) in [6.07, 6.45) is 1.59. The highest BCUT2D eigenvalue weighted by molar-refractivity contribution is 5.92. The summed E-state index contributed by atoms with van der Waals surface area (Å²) in [7, 11) is 1.65. The average Bonchev–Trinajstić information content (AvgIpc) is 2.46. The first-order valence-electron chi connectivity index (χ1n) is 6.61. The monoisotopic (exact) mass is 273 g/mol. The molecule has 0 spiro atoms. The fourth-order valence-corrected chi connectivity index (χ4v) is 2.08. The Morgan fingerprint density at radius 3 is 2.90 bits per heavy atom. The minimum absolute atomic E-state index is 0.668. The molecule has 1 amide bonds. The molecule has 1 heterocycles. The fourth-order valence-electron chi connectivity index (χ4n) is 2.08. The first-order chi connectivity index (χ1) is 9.74. The van der Waals surface area contributed by atoms with Gasteiger partial charge in [-0.25, -0.2) is 0 Å². The van der Waals surface area contributed by atoms with E-state index in [1.54, 1.807) is 7.11 Å². The van der Waals surface area contributed by atoms with E-state index in [1.165, 1.54) is 0 Å². The third-order valence-electron chi connectivity index (χ3n) is 3.04. The predicted molar refractivity (Wildman–Crippen MR) is 80.2 cm³/mol. The second-order valence-electron chi connectivity index (χ2n) is 4.55. The summed E-state index contributed by atoms with van der Waals surface area (Å²) in [6, 6.07) is 7.87. The van der Waals surface area contributed by atoms with Gasteiger partial charge in [-0.15, -0.1) is 0 Å². The van der Waals surface area contributed by atoms with Crippen molar-refractivity contribution < 1.29 is 9.53 Å². The number of amides is 1. The Hall–Kier alpha value is -2.30. The number of ether oxygens (including phenoxy) is 1. The molecule has 5 heteroatoms. The molecule has 0 radical (unpaired) electrons. The molecule has 1 aromatic carbocycles. The molecule has 5 nitrogen and oxygen atoms in total. The number of nitrogens with one attached hydrogen (secondary N) is 2. The largest absolute Gasteiger partial charge is 0.497 e. The molecule has 0 atom stereocenters. The summed E-state index contributed by atoms with van der Waals surface area (Å²) in [6.45, 7) is 3.43. The SMILES string of the molecule is COc1ccc2nc(C)cc(NCCCNC=O)c2c1. The van der Waals surface area contributed by atoms with Crippen LogP contribution in [0, 0.1) is 6.92 Å². The molecule has 2 N–H and O–H groups in total. The van der Waals surface area contributed by atoms with Crippen molar-refractivity contribution in [2.24, 2.45) is 0 Å². The zero-order chi connectivity index (χ0) is 14.4. The Labute approximate surface area is 118 Å². The van der Waals surface area contributed by atoms with Gasteiger partial charge >= 0.3 is 0 Å². The number of hydrogen-bond acceptors (Lipinski definition) is 4. The van der Waals surface area contributed by atoms with Crippen LogP contribution in [0.1, 0.15) is 12.1 Å². The summed E-state index contributed by atoms with van der Waals surface area (Å²) in [5.74, 6) is 0.814. The maximum absolute atomic E-state index is 10.2. The van der Waals surface area contributed by atoms with Gasteiger partial charge in [0.1, 0.15) is 5.75 Å². The number of methoxy groups -OCH3 is 1. The molecule has 106 valence electrons. The molecule has 2 rings (SSSR count). The van der Waals surface area contributed by atoms with E-state index in [9.17, 15) is 4.79 Å². The Kier molecular flexibility index (Phi) is 4.76. The van der Waals surface area contributed by atoms with Crippen LogP contribution in [-0.4, -0.2) is 31.6 Å². The third kappa shape index (κ3) is 3.38. The summed E-state index contributed by atoms with van der Waals surface area (Å²) >= 11 is 0. The first kappa shape index (κ1) is 14.1. The summed E-state index contributed by atoms with van der Waals surface area (Å²) in [5.41, 5.74) is 2.95. The van der Waals surface area contributed by atoms with E-state index in [0.717, 1.165) is 47.4 Å². The standard InChI is InChI=1S/C15H19N3O2/c1-11-8-15(17-7-3-6-16-10-19)13-9-12(20-2)4-5-14(13)18-11/h4-5,8-10H,3,6-7H2,1-2H3,(H,16,19)(H,17,18). The number of pyridine rings is 1. The number of aromatic nitrogens is 1. The molecule has 20 heavy (non-hydrogen) atoms. The van der Waals surface area contributed by atoms with E-state index in [4.69, 9.17) is 4.74 Å². The van der Waals surface area contributed by atoms with Gasteiger partial charge in [0.05, 0.1) is 12.6 Å². The fraction of sp³-hybridized carbons (Fsp3) is 0.333. The summed E-state index contributed by atoms with van der Waals surface area (Å²) in [4.78, 5) is 14.7. The van der Waals surface area contributed by atoms with Crippen LogP contribution in [0.25, 0.3) is 10.9 Å². The van der Waals surface area contributed by atoms with Gasteiger partial charge in [-0.1, -0.05) is 0 Å². The topological polar surface area (TPSA) is 63.2 Å². The van der Waals surface area contributed by atoms with E-state index in [2.05, 4.69) is 15.6 Å². The van der Waals surface area contributed by atoms with Crippen LogP contribution >= 0.6 is 0 Å². The van der Waals surface area contributed by atoms with E-state index < -0.39 is 0 Å². The number of benzene rings is 1. The second kappa shape index (κ2) is 6.75. The van der Waals surface area contributed by atoms with Gasteiger partial charge in [-0.3, -0.25) is 9.78 Å². The molecule has 0 aliphatic rings. The summed E-state index contributed by atoms with van der Waals surface area (Å²) in [5, 5.41) is 7.08. The Bertz CT molecular complexity index is 599. The molecule has 2 aromatic rings. The minimum Gasteiger partial charge on any atom is -0.497 e. The zero-order valence-corrected chi connectivity index (χ0v) is 11.8. The van der Waals surface area contributed by atoms with E-state index >= 15 is 0 Å². The molecule has 0 unspecified atom stereocenters. The van der Waals surface area contributed by atoms with Gasteiger partial charge in [-0.2, -0.15) is 0 Å². The number of fused-ring (bicyclic) bond motifs is 1. The first-order valence-corrected chi connectivity index (χ1v) is 6.61. The van der Waals surface area contributed by atoms with Gasteiger partial charge in [-0.05, 0) is 37.6 Å². The van der Waals surface area contributed by atoms with E-state index in [0.29, 0.717) is 6.54 Å². The molecular formula is C15H19N3O2. The molecule has 0 saturated carbocycles. The third-order valence-corrected chi connectivity index (χ3v) is 3.04. The molecule has 0 fully saturated rings. The molecular weight excluding hydrogens is 254 g/mol. The Morgan fingerprint density at radius 2 is 2.15 bits per heavy atom. The van der Waals surface area contributed by atoms with Crippen LogP contribution in [0.4, 0.5) is 5.69 Å². The number of carbonyl (C=O) groups is 1. The lowest BCUT2D eigenvalue weighted by molar-refractivity contribution is -0.109. The lowest BCUT2D eigenvalue weighted by Gasteiger charge is -2.11. The number of nitrogens with zero attached hydrogens (tertiary/aromatic N) is 1. The van der Waals surface area contributed by atoms with Crippen molar-refractivity contribution in [3.05, 3.63) is 30.0 Å². The number of aryl methyl sites for hydroxylation is 1. The van der Waals surface area contributed by atoms with Crippen LogP contribution in [-0.2, 0) is 4.79 Å². The maximum atomic E-state index is 10.2. The van der Waals surface area contributed by atoms with Gasteiger partial charge in [0.25, 0.3) is 0 Å². The molecule has 0 aliphatic carbocycles. The van der Waals surface area contributed by atoms with Crippen molar-refractivity contribution in [1.29, 1.82) is 0 Å². The van der Waals surface area contributed by atoms with Gasteiger partial charge in [0.2, 0.25) is 6.41 Å². The van der Waals surface area contributed by atoms with Gasteiger partial charge in [0, 0.05) is 29.9 Å². The zero-order valence-electron chi connectivity index (χ0n) is 11.8.